The molecule has 1 saturated heterocycles. The lowest BCUT2D eigenvalue weighted by Crippen LogP contribution is -2.50. The number of hydrogen-bond donors (Lipinski definition) is 1. The number of benzene rings is 1. The Morgan fingerprint density at radius 2 is 2.00 bits per heavy atom. The molecule has 2 heterocycles. The van der Waals surface area contributed by atoms with Crippen LogP contribution in [0.1, 0.15) is 13.3 Å². The third-order valence-corrected chi connectivity index (χ3v) is 4.38. The third-order valence-electron chi connectivity index (χ3n) is 4.38. The van der Waals surface area contributed by atoms with Crippen molar-refractivity contribution in [2.24, 2.45) is 0 Å². The van der Waals surface area contributed by atoms with Gasteiger partial charge in [0.1, 0.15) is 6.04 Å². The normalized spacial score (nSPS) is 15.7. The van der Waals surface area contributed by atoms with E-state index in [1.54, 1.807) is 30.0 Å². The molecule has 0 bridgehead atoms. The molecule has 0 spiro atoms. The molecule has 1 aliphatic heterocycles. The summed E-state index contributed by atoms with van der Waals surface area (Å²) in [6.45, 7) is 3.99. The Morgan fingerprint density at radius 1 is 1.27 bits per heavy atom. The number of para-hydroxylation sites is 1. The average molecular weight is 358 g/mol. The molecule has 1 aliphatic rings. The fourth-order valence-corrected chi connectivity index (χ4v) is 2.92. The first-order valence-electron chi connectivity index (χ1n) is 8.66. The Hall–Kier alpha value is -2.74. The highest BCUT2D eigenvalue weighted by atomic mass is 16.5. The first kappa shape index (κ1) is 18.1. The molecule has 3 rings (SSSR count). The van der Waals surface area contributed by atoms with E-state index in [-0.39, 0.29) is 30.3 Å². The van der Waals surface area contributed by atoms with E-state index in [2.05, 4.69) is 10.3 Å². The van der Waals surface area contributed by atoms with E-state index in [1.165, 1.54) is 10.9 Å². The van der Waals surface area contributed by atoms with E-state index in [1.807, 2.05) is 6.07 Å². The van der Waals surface area contributed by atoms with Crippen molar-refractivity contribution < 1.29 is 14.3 Å². The number of amides is 2. The van der Waals surface area contributed by atoms with Crippen LogP contribution in [0, 0.1) is 0 Å². The van der Waals surface area contributed by atoms with Gasteiger partial charge < -0.3 is 15.0 Å². The van der Waals surface area contributed by atoms with E-state index in [0.717, 1.165) is 0 Å². The number of carbonyl (C=O) groups excluding carboxylic acids is 2. The molecule has 1 atom stereocenters. The molecule has 1 aromatic carbocycles. The minimum Gasteiger partial charge on any atom is -0.378 e. The van der Waals surface area contributed by atoms with Gasteiger partial charge in [0.15, 0.2) is 0 Å². The maximum atomic E-state index is 12.4. The smallest absolute Gasteiger partial charge is 0.261 e. The van der Waals surface area contributed by atoms with Crippen molar-refractivity contribution in [2.75, 3.05) is 26.3 Å². The van der Waals surface area contributed by atoms with Crippen molar-refractivity contribution in [3.05, 3.63) is 40.9 Å². The van der Waals surface area contributed by atoms with Crippen molar-refractivity contribution >= 4 is 22.7 Å². The van der Waals surface area contributed by atoms with Gasteiger partial charge in [0, 0.05) is 26.1 Å². The maximum absolute atomic E-state index is 12.4. The monoisotopic (exact) mass is 358 g/mol. The zero-order valence-corrected chi connectivity index (χ0v) is 14.7. The largest absolute Gasteiger partial charge is 0.378 e. The van der Waals surface area contributed by atoms with Crippen molar-refractivity contribution in [3.63, 3.8) is 0 Å². The topological polar surface area (TPSA) is 93.5 Å². The number of nitrogens with one attached hydrogen (secondary N) is 1. The minimum absolute atomic E-state index is 0.0979. The number of aromatic nitrogens is 2. The van der Waals surface area contributed by atoms with Gasteiger partial charge in [-0.3, -0.25) is 19.0 Å². The number of fused-ring (bicyclic) bond motifs is 1. The van der Waals surface area contributed by atoms with E-state index in [4.69, 9.17) is 4.74 Å². The zero-order valence-electron chi connectivity index (χ0n) is 14.7. The van der Waals surface area contributed by atoms with Crippen molar-refractivity contribution in [3.8, 4) is 0 Å². The van der Waals surface area contributed by atoms with Crippen LogP contribution in [0.4, 0.5) is 0 Å². The van der Waals surface area contributed by atoms with Gasteiger partial charge in [0.25, 0.3) is 5.56 Å². The Kier molecular flexibility index (Phi) is 5.62. The summed E-state index contributed by atoms with van der Waals surface area (Å²) in [6, 6.07) is 6.48. The van der Waals surface area contributed by atoms with Crippen LogP contribution in [-0.4, -0.2) is 58.6 Å². The van der Waals surface area contributed by atoms with Gasteiger partial charge >= 0.3 is 0 Å². The van der Waals surface area contributed by atoms with Gasteiger partial charge in [-0.05, 0) is 19.1 Å². The molecule has 1 aromatic heterocycles. The SMILES string of the molecule is C[C@@H](NC(=O)CCn1cnc2ccccc2c1=O)C(=O)N1CCOCC1. The Balaban J connectivity index is 1.56. The zero-order chi connectivity index (χ0) is 18.5. The maximum Gasteiger partial charge on any atom is 0.261 e. The second-order valence-electron chi connectivity index (χ2n) is 6.24. The predicted molar refractivity (Wildman–Crippen MR) is 95.6 cm³/mol. The standard InChI is InChI=1S/C18H22N4O4/c1-13(17(24)21-8-10-26-11-9-21)20-16(23)6-7-22-12-19-15-5-3-2-4-14(15)18(22)25/h2-5,12-13H,6-11H2,1H3,(H,20,23)/t13-/m1/s1. The van der Waals surface area contributed by atoms with Gasteiger partial charge in [-0.15, -0.1) is 0 Å². The van der Waals surface area contributed by atoms with E-state index < -0.39 is 6.04 Å². The molecule has 1 fully saturated rings. The molecule has 138 valence electrons. The fourth-order valence-electron chi connectivity index (χ4n) is 2.92. The van der Waals surface area contributed by atoms with Crippen molar-refractivity contribution in [1.82, 2.24) is 19.8 Å². The third kappa shape index (κ3) is 4.08. The first-order valence-corrected chi connectivity index (χ1v) is 8.66. The molecule has 2 amide bonds. The molecule has 8 nitrogen and oxygen atoms in total. The van der Waals surface area contributed by atoms with Crippen molar-refractivity contribution in [2.45, 2.75) is 25.9 Å². The van der Waals surface area contributed by atoms with Gasteiger partial charge in [0.05, 0.1) is 30.4 Å². The summed E-state index contributed by atoms with van der Waals surface area (Å²) in [7, 11) is 0. The second-order valence-corrected chi connectivity index (χ2v) is 6.24. The summed E-state index contributed by atoms with van der Waals surface area (Å²) >= 11 is 0. The average Bonchev–Trinajstić information content (AvgIpc) is 2.67. The van der Waals surface area contributed by atoms with Crippen LogP contribution in [0.5, 0.6) is 0 Å². The van der Waals surface area contributed by atoms with Crippen LogP contribution in [-0.2, 0) is 20.9 Å². The summed E-state index contributed by atoms with van der Waals surface area (Å²) in [4.78, 5) is 42.8. The van der Waals surface area contributed by atoms with Crippen LogP contribution in [0.2, 0.25) is 0 Å². The lowest BCUT2D eigenvalue weighted by Gasteiger charge is -2.29. The van der Waals surface area contributed by atoms with Crippen LogP contribution in [0.3, 0.4) is 0 Å². The highest BCUT2D eigenvalue weighted by Crippen LogP contribution is 2.05. The minimum atomic E-state index is -0.605. The Bertz CT molecular complexity index is 858. The van der Waals surface area contributed by atoms with E-state index in [9.17, 15) is 14.4 Å². The summed E-state index contributed by atoms with van der Waals surface area (Å²) in [5.41, 5.74) is 0.448. The predicted octanol–water partition coefficient (Wildman–Crippen LogP) is 0.150. The van der Waals surface area contributed by atoms with Crippen LogP contribution in [0.15, 0.2) is 35.4 Å². The van der Waals surface area contributed by atoms with Gasteiger partial charge in [-0.25, -0.2) is 4.98 Å². The Morgan fingerprint density at radius 3 is 2.77 bits per heavy atom. The summed E-state index contributed by atoms with van der Waals surface area (Å²) in [6.07, 6.45) is 1.54. The molecule has 1 N–H and O–H groups in total. The number of ether oxygens (including phenoxy) is 1. The van der Waals surface area contributed by atoms with Gasteiger partial charge in [-0.1, -0.05) is 12.1 Å². The molecular weight excluding hydrogens is 336 g/mol. The molecule has 0 saturated carbocycles. The summed E-state index contributed by atoms with van der Waals surface area (Å²) in [5.74, 6) is -0.398. The van der Waals surface area contributed by atoms with Crippen molar-refractivity contribution in [1.29, 1.82) is 0 Å². The molecule has 8 heteroatoms. The summed E-state index contributed by atoms with van der Waals surface area (Å²) in [5, 5.41) is 3.22. The molecule has 0 aliphatic carbocycles. The first-order chi connectivity index (χ1) is 12.6. The molecule has 2 aromatic rings. The number of nitrogens with zero attached hydrogens (tertiary/aromatic N) is 3. The van der Waals surface area contributed by atoms with Crippen LogP contribution >= 0.6 is 0 Å². The highest BCUT2D eigenvalue weighted by Gasteiger charge is 2.23. The number of hydrogen-bond acceptors (Lipinski definition) is 5. The lowest BCUT2D eigenvalue weighted by molar-refractivity contribution is -0.139. The van der Waals surface area contributed by atoms with Gasteiger partial charge in [-0.2, -0.15) is 0 Å². The van der Waals surface area contributed by atoms with Crippen LogP contribution in [0.25, 0.3) is 10.9 Å². The number of carbonyl (C=O) groups is 2. The van der Waals surface area contributed by atoms with Gasteiger partial charge in [0.2, 0.25) is 11.8 Å². The molecule has 26 heavy (non-hydrogen) atoms. The lowest BCUT2D eigenvalue weighted by atomic mass is 10.2. The second kappa shape index (κ2) is 8.09. The summed E-state index contributed by atoms with van der Waals surface area (Å²) < 4.78 is 6.63. The van der Waals surface area contributed by atoms with E-state index >= 15 is 0 Å². The number of rotatable bonds is 5. The number of morpholine rings is 1. The molecular formula is C18H22N4O4. The fraction of sp³-hybridized carbons (Fsp3) is 0.444. The Labute approximate surface area is 150 Å². The quantitative estimate of drug-likeness (QED) is 0.821. The van der Waals surface area contributed by atoms with E-state index in [0.29, 0.717) is 37.2 Å². The molecule has 0 radical (unpaired) electrons. The number of aryl methyl sites for hydroxylation is 1. The molecule has 0 unspecified atom stereocenters. The highest BCUT2D eigenvalue weighted by molar-refractivity contribution is 5.87. The van der Waals surface area contributed by atoms with Crippen LogP contribution < -0.4 is 10.9 Å².